The number of thiol groups is 2. The van der Waals surface area contributed by atoms with Crippen LogP contribution in [0.4, 0.5) is 0 Å². The van der Waals surface area contributed by atoms with Crippen LogP contribution in [-0.4, -0.2) is 11.5 Å². The van der Waals surface area contributed by atoms with Crippen LogP contribution >= 0.6 is 25.3 Å². The Balaban J connectivity index is 3.97. The van der Waals surface area contributed by atoms with E-state index < -0.39 is 0 Å². The molecule has 0 heterocycles. The molecule has 0 unspecified atom stereocenters. The molecule has 0 aliphatic rings. The van der Waals surface area contributed by atoms with E-state index in [1.54, 1.807) is 0 Å². The lowest BCUT2D eigenvalue weighted by Gasteiger charge is -2.02. The third-order valence-electron chi connectivity index (χ3n) is 1.16. The minimum atomic E-state index is 0.722. The molecule has 0 spiro atoms. The van der Waals surface area contributed by atoms with E-state index in [9.17, 15) is 0 Å². The van der Waals surface area contributed by atoms with Crippen molar-refractivity contribution in [3.05, 3.63) is 23.8 Å². The third-order valence-corrected chi connectivity index (χ3v) is 1.89. The van der Waals surface area contributed by atoms with Gasteiger partial charge < -0.3 is 0 Å². The van der Waals surface area contributed by atoms with Gasteiger partial charge in [0, 0.05) is 11.5 Å². The molecule has 0 nitrogen and oxygen atoms in total. The highest BCUT2D eigenvalue weighted by molar-refractivity contribution is 7.80. The minimum Gasteiger partial charge on any atom is -0.175 e. The first-order valence-electron chi connectivity index (χ1n) is 2.81. The lowest BCUT2D eigenvalue weighted by molar-refractivity contribution is 1.37. The summed E-state index contributed by atoms with van der Waals surface area (Å²) in [5, 5.41) is 0. The zero-order chi connectivity index (χ0) is 7.28. The fourth-order valence-corrected chi connectivity index (χ4v) is 1.12. The molecule has 2 heteroatoms. The summed E-state index contributed by atoms with van der Waals surface area (Å²) in [5.41, 5.74) is 2.25. The van der Waals surface area contributed by atoms with Crippen LogP contribution in [0, 0.1) is 0 Å². The second kappa shape index (κ2) is 5.00. The van der Waals surface area contributed by atoms with Gasteiger partial charge in [-0.1, -0.05) is 12.7 Å². The van der Waals surface area contributed by atoms with Crippen molar-refractivity contribution in [3.63, 3.8) is 0 Å². The van der Waals surface area contributed by atoms with E-state index in [0.717, 1.165) is 17.1 Å². The van der Waals surface area contributed by atoms with E-state index in [1.165, 1.54) is 5.57 Å². The van der Waals surface area contributed by atoms with Crippen LogP contribution < -0.4 is 0 Å². The average Bonchev–Trinajstić information content (AvgIpc) is 1.90. The molecule has 0 aliphatic heterocycles. The molecule has 0 amide bonds. The molecular formula is C7H12S2. The molecule has 0 aromatic carbocycles. The molecule has 0 aliphatic carbocycles. The van der Waals surface area contributed by atoms with Crippen LogP contribution in [0.25, 0.3) is 0 Å². The predicted molar refractivity (Wildman–Crippen MR) is 50.6 cm³/mol. The first-order chi connectivity index (χ1) is 4.26. The first-order valence-corrected chi connectivity index (χ1v) is 4.07. The Labute approximate surface area is 67.9 Å². The maximum atomic E-state index is 4.13. The van der Waals surface area contributed by atoms with E-state index >= 15 is 0 Å². The van der Waals surface area contributed by atoms with Gasteiger partial charge in [0.25, 0.3) is 0 Å². The van der Waals surface area contributed by atoms with Gasteiger partial charge in [-0.2, -0.15) is 25.3 Å². The van der Waals surface area contributed by atoms with Gasteiger partial charge in [0.15, 0.2) is 0 Å². The fraction of sp³-hybridized carbons (Fsp3) is 0.429. The van der Waals surface area contributed by atoms with Gasteiger partial charge in [0.2, 0.25) is 0 Å². The van der Waals surface area contributed by atoms with Crippen molar-refractivity contribution in [2.24, 2.45) is 0 Å². The molecule has 9 heavy (non-hydrogen) atoms. The summed E-state index contributed by atoms with van der Waals surface area (Å²) >= 11 is 8.21. The Morgan fingerprint density at radius 1 is 1.44 bits per heavy atom. The van der Waals surface area contributed by atoms with E-state index in [2.05, 4.69) is 31.8 Å². The zero-order valence-corrected chi connectivity index (χ0v) is 7.38. The van der Waals surface area contributed by atoms with Gasteiger partial charge in [-0.15, -0.1) is 0 Å². The van der Waals surface area contributed by atoms with Gasteiger partial charge in [-0.3, -0.25) is 0 Å². The highest BCUT2D eigenvalue weighted by Gasteiger charge is 1.94. The van der Waals surface area contributed by atoms with Crippen molar-refractivity contribution in [1.82, 2.24) is 0 Å². The summed E-state index contributed by atoms with van der Waals surface area (Å²) in [6.45, 7) is 5.81. The lowest BCUT2D eigenvalue weighted by atomic mass is 10.1. The number of allylic oxidation sites excluding steroid dienone is 1. The van der Waals surface area contributed by atoms with Crippen LogP contribution in [0.3, 0.4) is 0 Å². The Morgan fingerprint density at radius 2 is 2.00 bits per heavy atom. The van der Waals surface area contributed by atoms with E-state index in [4.69, 9.17) is 0 Å². The van der Waals surface area contributed by atoms with Gasteiger partial charge >= 0.3 is 0 Å². The van der Waals surface area contributed by atoms with E-state index in [1.807, 2.05) is 13.0 Å². The summed E-state index contributed by atoms with van der Waals surface area (Å²) < 4.78 is 0. The lowest BCUT2D eigenvalue weighted by Crippen LogP contribution is -1.90. The van der Waals surface area contributed by atoms with Crippen LogP contribution in [0.2, 0.25) is 0 Å². The highest BCUT2D eigenvalue weighted by Crippen LogP contribution is 2.09. The molecule has 0 bridgehead atoms. The van der Waals surface area contributed by atoms with Gasteiger partial charge in [0.1, 0.15) is 0 Å². The molecule has 0 aromatic heterocycles. The largest absolute Gasteiger partial charge is 0.175 e. The Morgan fingerprint density at radius 3 is 2.11 bits per heavy atom. The van der Waals surface area contributed by atoms with Gasteiger partial charge in [-0.25, -0.2) is 0 Å². The molecule has 0 aromatic rings. The molecule has 0 atom stereocenters. The maximum Gasteiger partial charge on any atom is 0.0153 e. The first kappa shape index (κ1) is 9.18. The van der Waals surface area contributed by atoms with Crippen LogP contribution in [-0.2, 0) is 0 Å². The number of hydrogen-bond donors (Lipinski definition) is 2. The maximum absolute atomic E-state index is 4.13. The van der Waals surface area contributed by atoms with E-state index in [0.29, 0.717) is 0 Å². The molecule has 0 saturated heterocycles. The Kier molecular flexibility index (Phi) is 5.10. The van der Waals surface area contributed by atoms with Crippen LogP contribution in [0.15, 0.2) is 23.8 Å². The predicted octanol–water partition coefficient (Wildman–Crippen LogP) is 2.35. The molecule has 0 rings (SSSR count). The zero-order valence-electron chi connectivity index (χ0n) is 5.59. The molecule has 0 radical (unpaired) electrons. The summed E-state index contributed by atoms with van der Waals surface area (Å²) in [5.74, 6) is 1.48. The molecule has 0 saturated carbocycles. The van der Waals surface area contributed by atoms with Crippen molar-refractivity contribution < 1.29 is 0 Å². The van der Waals surface area contributed by atoms with Crippen molar-refractivity contribution >= 4 is 25.3 Å². The quantitative estimate of drug-likeness (QED) is 0.459. The molecule has 52 valence electrons. The second-order valence-electron chi connectivity index (χ2n) is 1.73. The number of rotatable bonds is 3. The standard InChI is InChI=1S/C7H12S2/c1-3-7(5-9)6(2)4-8/h3,8-9H,2,4-5H2,1H3/b7-3-. The van der Waals surface area contributed by atoms with Gasteiger partial charge in [0.05, 0.1) is 0 Å². The number of hydrogen-bond acceptors (Lipinski definition) is 2. The summed E-state index contributed by atoms with van der Waals surface area (Å²) in [6.07, 6.45) is 2.02. The normalized spacial score (nSPS) is 11.7. The minimum absolute atomic E-state index is 0.722. The van der Waals surface area contributed by atoms with Crippen molar-refractivity contribution in [2.45, 2.75) is 6.92 Å². The van der Waals surface area contributed by atoms with Crippen molar-refractivity contribution in [2.75, 3.05) is 11.5 Å². The SMILES string of the molecule is C=C(CS)/C(=C\C)CS. The van der Waals surface area contributed by atoms with Crippen molar-refractivity contribution in [1.29, 1.82) is 0 Å². The summed E-state index contributed by atoms with van der Waals surface area (Å²) in [6, 6.07) is 0. The molecular weight excluding hydrogens is 148 g/mol. The van der Waals surface area contributed by atoms with Crippen LogP contribution in [0.5, 0.6) is 0 Å². The molecule has 0 fully saturated rings. The summed E-state index contributed by atoms with van der Waals surface area (Å²) in [4.78, 5) is 0. The third kappa shape index (κ3) is 3.01. The fourth-order valence-electron chi connectivity index (χ4n) is 0.509. The molecule has 0 N–H and O–H groups in total. The summed E-state index contributed by atoms with van der Waals surface area (Å²) in [7, 11) is 0. The van der Waals surface area contributed by atoms with Gasteiger partial charge in [-0.05, 0) is 18.1 Å². The van der Waals surface area contributed by atoms with E-state index in [-0.39, 0.29) is 0 Å². The van der Waals surface area contributed by atoms with Crippen molar-refractivity contribution in [3.8, 4) is 0 Å². The monoisotopic (exact) mass is 160 g/mol. The van der Waals surface area contributed by atoms with Crippen LogP contribution in [0.1, 0.15) is 6.92 Å². The smallest absolute Gasteiger partial charge is 0.0153 e. The average molecular weight is 160 g/mol. The second-order valence-corrected chi connectivity index (χ2v) is 2.37. The topological polar surface area (TPSA) is 0 Å². The Bertz CT molecular complexity index is 125. The highest BCUT2D eigenvalue weighted by atomic mass is 32.1. The Hall–Kier alpha value is 0.180.